The van der Waals surface area contributed by atoms with E-state index in [0.717, 1.165) is 56.6 Å². The molecule has 4 aliphatic rings. The van der Waals surface area contributed by atoms with Gasteiger partial charge >= 0.3 is 6.03 Å². The Hall–Kier alpha value is -4.15. The first-order chi connectivity index (χ1) is 21.8. The Labute approximate surface area is 264 Å². The lowest BCUT2D eigenvalue weighted by Gasteiger charge is -2.53. The van der Waals surface area contributed by atoms with Gasteiger partial charge in [-0.25, -0.2) is 4.79 Å². The molecule has 1 spiro atoms. The standard InChI is InChI=1S/C35H42N6O4/c1-38(2)33(43)26-8-4-25(5-9-26)21-39-18-19-40-30(14-15-31(40)35(39)16-3-17-35)32(42)36-20-24-6-10-27(11-7-24)37-34(44)41-28-12-13-29(41)23-45-22-28/h4-11,14-15,28-29H,3,12-13,16-23H2,1-2H3,(H,36,42)(H,37,44)/t28-,29+. The van der Waals surface area contributed by atoms with E-state index in [4.69, 9.17) is 4.74 Å². The van der Waals surface area contributed by atoms with Crippen molar-refractivity contribution >= 4 is 23.5 Å². The van der Waals surface area contributed by atoms with Crippen LogP contribution in [0.4, 0.5) is 10.5 Å². The van der Waals surface area contributed by atoms with Gasteiger partial charge in [0.2, 0.25) is 0 Å². The van der Waals surface area contributed by atoms with Gasteiger partial charge in [-0.15, -0.1) is 0 Å². The summed E-state index contributed by atoms with van der Waals surface area (Å²) in [5.41, 5.74) is 5.46. The summed E-state index contributed by atoms with van der Waals surface area (Å²) in [6.45, 7) is 4.06. The van der Waals surface area contributed by atoms with Gasteiger partial charge in [0.05, 0.1) is 30.8 Å². The largest absolute Gasteiger partial charge is 0.377 e. The molecule has 3 aliphatic heterocycles. The highest BCUT2D eigenvalue weighted by Crippen LogP contribution is 2.49. The number of rotatable bonds is 7. The first kappa shape index (κ1) is 29.6. The molecule has 10 nitrogen and oxygen atoms in total. The first-order valence-electron chi connectivity index (χ1n) is 16.1. The van der Waals surface area contributed by atoms with Crippen LogP contribution in [0.25, 0.3) is 0 Å². The molecule has 4 amide bonds. The third kappa shape index (κ3) is 5.50. The molecule has 2 aromatic carbocycles. The zero-order chi connectivity index (χ0) is 31.1. The van der Waals surface area contributed by atoms with Crippen molar-refractivity contribution < 1.29 is 19.1 Å². The maximum atomic E-state index is 13.4. The molecule has 10 heteroatoms. The van der Waals surface area contributed by atoms with E-state index in [2.05, 4.69) is 38.3 Å². The van der Waals surface area contributed by atoms with Crippen LogP contribution in [0.1, 0.15) is 69.8 Å². The highest BCUT2D eigenvalue weighted by molar-refractivity contribution is 5.94. The molecule has 2 atom stereocenters. The molecule has 2 N–H and O–H groups in total. The van der Waals surface area contributed by atoms with Crippen LogP contribution in [0, 0.1) is 0 Å². The number of nitrogens with zero attached hydrogens (tertiary/aromatic N) is 4. The van der Waals surface area contributed by atoms with E-state index in [1.165, 1.54) is 17.7 Å². The minimum atomic E-state index is -0.0782. The summed E-state index contributed by atoms with van der Waals surface area (Å²) in [4.78, 5) is 44.7. The van der Waals surface area contributed by atoms with Crippen molar-refractivity contribution in [3.63, 3.8) is 0 Å². The summed E-state index contributed by atoms with van der Waals surface area (Å²) in [7, 11) is 3.54. The third-order valence-corrected chi connectivity index (χ3v) is 10.2. The Morgan fingerprint density at radius 3 is 2.22 bits per heavy atom. The molecule has 4 heterocycles. The molecular weight excluding hydrogens is 568 g/mol. The number of hydrogen-bond acceptors (Lipinski definition) is 5. The van der Waals surface area contributed by atoms with E-state index < -0.39 is 0 Å². The molecule has 7 rings (SSSR count). The second-order valence-corrected chi connectivity index (χ2v) is 13.1. The number of morpholine rings is 1. The van der Waals surface area contributed by atoms with Gasteiger partial charge in [-0.2, -0.15) is 0 Å². The number of urea groups is 1. The smallest absolute Gasteiger partial charge is 0.322 e. The topological polar surface area (TPSA) is 99.2 Å². The summed E-state index contributed by atoms with van der Waals surface area (Å²) < 4.78 is 7.81. The van der Waals surface area contributed by atoms with Crippen molar-refractivity contribution in [1.29, 1.82) is 0 Å². The average Bonchev–Trinajstić information content (AvgIpc) is 3.57. The molecule has 45 heavy (non-hydrogen) atoms. The Balaban J connectivity index is 0.967. The van der Waals surface area contributed by atoms with Gasteiger partial charge in [0.15, 0.2) is 0 Å². The van der Waals surface area contributed by atoms with E-state index in [-0.39, 0.29) is 35.5 Å². The highest BCUT2D eigenvalue weighted by atomic mass is 16.5. The number of hydrogen-bond donors (Lipinski definition) is 2. The Morgan fingerprint density at radius 1 is 0.889 bits per heavy atom. The number of carbonyl (C=O) groups is 3. The van der Waals surface area contributed by atoms with Crippen molar-refractivity contribution in [1.82, 2.24) is 24.6 Å². The molecule has 1 aromatic heterocycles. The lowest BCUT2D eigenvalue weighted by Crippen LogP contribution is -2.56. The Morgan fingerprint density at radius 2 is 1.58 bits per heavy atom. The molecule has 3 aromatic rings. The predicted molar refractivity (Wildman–Crippen MR) is 171 cm³/mol. The lowest BCUT2D eigenvalue weighted by molar-refractivity contribution is -0.0217. The summed E-state index contributed by atoms with van der Waals surface area (Å²) >= 11 is 0. The minimum absolute atomic E-state index is 0.00929. The third-order valence-electron chi connectivity index (χ3n) is 10.2. The first-order valence-corrected chi connectivity index (χ1v) is 16.1. The summed E-state index contributed by atoms with van der Waals surface area (Å²) in [5, 5.41) is 6.14. The predicted octanol–water partition coefficient (Wildman–Crippen LogP) is 4.41. The van der Waals surface area contributed by atoms with Crippen molar-refractivity contribution in [2.45, 2.75) is 69.4 Å². The lowest BCUT2D eigenvalue weighted by atomic mass is 9.71. The fraction of sp³-hybridized carbons (Fsp3) is 0.457. The van der Waals surface area contributed by atoms with Crippen LogP contribution in [0.15, 0.2) is 60.7 Å². The number of carbonyl (C=O) groups excluding carboxylic acids is 3. The molecule has 0 unspecified atom stereocenters. The molecule has 1 aliphatic carbocycles. The minimum Gasteiger partial charge on any atom is -0.377 e. The Bertz CT molecular complexity index is 1560. The van der Waals surface area contributed by atoms with Crippen LogP contribution in [0.2, 0.25) is 0 Å². The molecule has 1 saturated carbocycles. The van der Waals surface area contributed by atoms with E-state index in [9.17, 15) is 14.4 Å². The van der Waals surface area contributed by atoms with Gasteiger partial charge in [0.25, 0.3) is 11.8 Å². The summed E-state index contributed by atoms with van der Waals surface area (Å²) in [6, 6.07) is 20.0. The van der Waals surface area contributed by atoms with Crippen LogP contribution in [-0.4, -0.2) is 83.0 Å². The number of nitrogens with one attached hydrogen (secondary N) is 2. The summed E-state index contributed by atoms with van der Waals surface area (Å²) in [6.07, 6.45) is 5.31. The van der Waals surface area contributed by atoms with Gasteiger partial charge in [-0.05, 0) is 79.6 Å². The summed E-state index contributed by atoms with van der Waals surface area (Å²) in [5.74, 6) is -0.0690. The van der Waals surface area contributed by atoms with Crippen molar-refractivity contribution in [2.24, 2.45) is 0 Å². The number of fused-ring (bicyclic) bond motifs is 4. The van der Waals surface area contributed by atoms with Crippen LogP contribution in [0.3, 0.4) is 0 Å². The monoisotopic (exact) mass is 610 g/mol. The van der Waals surface area contributed by atoms with E-state index in [0.29, 0.717) is 31.0 Å². The number of anilines is 1. The molecule has 2 saturated heterocycles. The van der Waals surface area contributed by atoms with E-state index in [1.807, 2.05) is 47.4 Å². The van der Waals surface area contributed by atoms with Gasteiger partial charge in [-0.1, -0.05) is 24.3 Å². The molecule has 0 radical (unpaired) electrons. The fourth-order valence-corrected chi connectivity index (χ4v) is 7.58. The normalized spacial score (nSPS) is 21.6. The van der Waals surface area contributed by atoms with Gasteiger partial charge < -0.3 is 29.7 Å². The van der Waals surface area contributed by atoms with Gasteiger partial charge in [-0.3, -0.25) is 14.5 Å². The van der Waals surface area contributed by atoms with Gasteiger partial charge in [0.1, 0.15) is 5.69 Å². The average molecular weight is 611 g/mol. The highest BCUT2D eigenvalue weighted by Gasteiger charge is 2.48. The maximum absolute atomic E-state index is 13.4. The second kappa shape index (κ2) is 12.0. The second-order valence-electron chi connectivity index (χ2n) is 13.1. The van der Waals surface area contributed by atoms with Crippen LogP contribution in [-0.2, 0) is 29.9 Å². The molecular formula is C35H42N6O4. The maximum Gasteiger partial charge on any atom is 0.322 e. The number of ether oxygens (including phenoxy) is 1. The zero-order valence-corrected chi connectivity index (χ0v) is 26.1. The number of amides is 4. The van der Waals surface area contributed by atoms with Crippen molar-refractivity contribution in [3.8, 4) is 0 Å². The van der Waals surface area contributed by atoms with E-state index >= 15 is 0 Å². The quantitative estimate of drug-likeness (QED) is 0.413. The number of aromatic nitrogens is 1. The molecule has 236 valence electrons. The van der Waals surface area contributed by atoms with Crippen molar-refractivity contribution in [3.05, 3.63) is 88.7 Å². The van der Waals surface area contributed by atoms with E-state index in [1.54, 1.807) is 19.0 Å². The van der Waals surface area contributed by atoms with Gasteiger partial charge in [0, 0.05) is 57.2 Å². The molecule has 2 bridgehead atoms. The molecule has 3 fully saturated rings. The van der Waals surface area contributed by atoms with Crippen molar-refractivity contribution in [2.75, 3.05) is 39.2 Å². The number of benzene rings is 2. The van der Waals surface area contributed by atoms with Crippen LogP contribution >= 0.6 is 0 Å². The Kier molecular flexibility index (Phi) is 7.87. The fourth-order valence-electron chi connectivity index (χ4n) is 7.58. The van der Waals surface area contributed by atoms with Crippen LogP contribution in [0.5, 0.6) is 0 Å². The zero-order valence-electron chi connectivity index (χ0n) is 26.1. The van der Waals surface area contributed by atoms with Crippen LogP contribution < -0.4 is 10.6 Å². The SMILES string of the molecule is CN(C)C(=O)c1ccc(CN2CCn3c(C(=O)NCc4ccc(NC(=O)N5[C@@H]6CC[C@H]5COC6)cc4)ccc3C23CCC3)cc1.